The van der Waals surface area contributed by atoms with Gasteiger partial charge in [-0.15, -0.1) is 0 Å². The van der Waals surface area contributed by atoms with Crippen molar-refractivity contribution in [2.75, 3.05) is 33.7 Å². The normalized spacial score (nSPS) is 10.7. The van der Waals surface area contributed by atoms with E-state index in [2.05, 4.69) is 10.6 Å². The molecule has 1 aromatic rings. The Bertz CT molecular complexity index is 382. The smallest absolute Gasteiger partial charge is 0.234 e. The predicted molar refractivity (Wildman–Crippen MR) is 69.7 cm³/mol. The Kier molecular flexibility index (Phi) is 6.32. The molecular formula is C13H20FN3O. The van der Waals surface area contributed by atoms with E-state index in [1.807, 2.05) is 19.0 Å². The second kappa shape index (κ2) is 7.79. The molecule has 2 N–H and O–H groups in total. The van der Waals surface area contributed by atoms with Gasteiger partial charge in [-0.25, -0.2) is 4.39 Å². The van der Waals surface area contributed by atoms with Crippen molar-refractivity contribution in [1.82, 2.24) is 15.5 Å². The molecular weight excluding hydrogens is 233 g/mol. The number of nitrogens with zero attached hydrogens (tertiary/aromatic N) is 1. The van der Waals surface area contributed by atoms with E-state index in [4.69, 9.17) is 0 Å². The minimum atomic E-state index is -0.293. The monoisotopic (exact) mass is 253 g/mol. The van der Waals surface area contributed by atoms with E-state index in [1.54, 1.807) is 18.2 Å². The van der Waals surface area contributed by atoms with Crippen LogP contribution in [-0.4, -0.2) is 44.5 Å². The summed E-state index contributed by atoms with van der Waals surface area (Å²) < 4.78 is 13.3. The summed E-state index contributed by atoms with van der Waals surface area (Å²) in [7, 11) is 3.94. The lowest BCUT2D eigenvalue weighted by atomic mass is 10.2. The van der Waals surface area contributed by atoms with Gasteiger partial charge in [-0.1, -0.05) is 18.2 Å². The molecule has 0 aromatic heterocycles. The van der Waals surface area contributed by atoms with Gasteiger partial charge in [0.15, 0.2) is 0 Å². The van der Waals surface area contributed by atoms with E-state index in [0.717, 1.165) is 13.1 Å². The van der Waals surface area contributed by atoms with Crippen LogP contribution >= 0.6 is 0 Å². The number of carbonyl (C=O) groups is 1. The SMILES string of the molecule is CN(C)CCNCC(=O)NCc1ccccc1F. The zero-order chi connectivity index (χ0) is 13.4. The fourth-order valence-electron chi connectivity index (χ4n) is 1.40. The minimum Gasteiger partial charge on any atom is -0.351 e. The van der Waals surface area contributed by atoms with Crippen LogP contribution in [0.2, 0.25) is 0 Å². The summed E-state index contributed by atoms with van der Waals surface area (Å²) in [5, 5.41) is 5.69. The first-order valence-electron chi connectivity index (χ1n) is 5.95. The lowest BCUT2D eigenvalue weighted by Gasteiger charge is -2.10. The van der Waals surface area contributed by atoms with Gasteiger partial charge in [0.25, 0.3) is 0 Å². The van der Waals surface area contributed by atoms with Gasteiger partial charge in [0, 0.05) is 25.2 Å². The van der Waals surface area contributed by atoms with Gasteiger partial charge in [-0.05, 0) is 20.2 Å². The van der Waals surface area contributed by atoms with Crippen molar-refractivity contribution in [2.24, 2.45) is 0 Å². The molecule has 100 valence electrons. The van der Waals surface area contributed by atoms with Gasteiger partial charge in [0.2, 0.25) is 5.91 Å². The van der Waals surface area contributed by atoms with Crippen molar-refractivity contribution >= 4 is 5.91 Å². The van der Waals surface area contributed by atoms with Gasteiger partial charge in [0.05, 0.1) is 6.54 Å². The van der Waals surface area contributed by atoms with Crippen LogP contribution in [0.1, 0.15) is 5.56 Å². The van der Waals surface area contributed by atoms with Gasteiger partial charge < -0.3 is 15.5 Å². The van der Waals surface area contributed by atoms with Crippen molar-refractivity contribution < 1.29 is 9.18 Å². The first kappa shape index (κ1) is 14.6. The fourth-order valence-corrected chi connectivity index (χ4v) is 1.40. The molecule has 1 rings (SSSR count). The number of hydrogen-bond acceptors (Lipinski definition) is 3. The van der Waals surface area contributed by atoms with Crippen LogP contribution < -0.4 is 10.6 Å². The number of benzene rings is 1. The van der Waals surface area contributed by atoms with Gasteiger partial charge in [0.1, 0.15) is 5.82 Å². The summed E-state index contributed by atoms with van der Waals surface area (Å²) in [6, 6.07) is 6.43. The molecule has 0 spiro atoms. The van der Waals surface area contributed by atoms with Crippen LogP contribution in [0.15, 0.2) is 24.3 Å². The highest BCUT2D eigenvalue weighted by Crippen LogP contribution is 2.04. The first-order chi connectivity index (χ1) is 8.59. The quantitative estimate of drug-likeness (QED) is 0.699. The molecule has 0 fully saturated rings. The van der Waals surface area contributed by atoms with E-state index < -0.39 is 0 Å². The predicted octanol–water partition coefficient (Wildman–Crippen LogP) is 0.593. The van der Waals surface area contributed by atoms with Crippen molar-refractivity contribution in [3.05, 3.63) is 35.6 Å². The summed E-state index contributed by atoms with van der Waals surface area (Å²) >= 11 is 0. The van der Waals surface area contributed by atoms with E-state index in [1.165, 1.54) is 6.07 Å². The second-order valence-corrected chi connectivity index (χ2v) is 4.35. The Balaban J connectivity index is 2.19. The molecule has 0 heterocycles. The third-order valence-electron chi connectivity index (χ3n) is 2.46. The first-order valence-corrected chi connectivity index (χ1v) is 5.95. The molecule has 0 aliphatic rings. The van der Waals surface area contributed by atoms with Crippen molar-refractivity contribution in [3.63, 3.8) is 0 Å². The molecule has 0 bridgehead atoms. The van der Waals surface area contributed by atoms with Crippen LogP contribution in [-0.2, 0) is 11.3 Å². The lowest BCUT2D eigenvalue weighted by molar-refractivity contribution is -0.120. The number of rotatable bonds is 7. The maximum Gasteiger partial charge on any atom is 0.234 e. The largest absolute Gasteiger partial charge is 0.351 e. The summed E-state index contributed by atoms with van der Waals surface area (Å²) in [6.45, 7) is 2.10. The Morgan fingerprint density at radius 3 is 2.72 bits per heavy atom. The molecule has 0 radical (unpaired) electrons. The lowest BCUT2D eigenvalue weighted by Crippen LogP contribution is -2.36. The Morgan fingerprint density at radius 1 is 1.33 bits per heavy atom. The van der Waals surface area contributed by atoms with E-state index >= 15 is 0 Å². The van der Waals surface area contributed by atoms with Crippen LogP contribution in [0.3, 0.4) is 0 Å². The van der Waals surface area contributed by atoms with Crippen LogP contribution in [0.5, 0.6) is 0 Å². The van der Waals surface area contributed by atoms with Gasteiger partial charge in [-0.2, -0.15) is 0 Å². The molecule has 18 heavy (non-hydrogen) atoms. The molecule has 0 saturated carbocycles. The molecule has 4 nitrogen and oxygen atoms in total. The molecule has 1 amide bonds. The molecule has 1 aromatic carbocycles. The number of carbonyl (C=O) groups excluding carboxylic acids is 1. The van der Waals surface area contributed by atoms with Crippen molar-refractivity contribution in [3.8, 4) is 0 Å². The van der Waals surface area contributed by atoms with Gasteiger partial charge >= 0.3 is 0 Å². The Morgan fingerprint density at radius 2 is 2.06 bits per heavy atom. The van der Waals surface area contributed by atoms with E-state index in [-0.39, 0.29) is 24.8 Å². The van der Waals surface area contributed by atoms with Crippen LogP contribution in [0.25, 0.3) is 0 Å². The maximum atomic E-state index is 13.3. The molecule has 0 aliphatic carbocycles. The highest BCUT2D eigenvalue weighted by Gasteiger charge is 2.03. The van der Waals surface area contributed by atoms with Crippen LogP contribution in [0.4, 0.5) is 4.39 Å². The average molecular weight is 253 g/mol. The Hall–Kier alpha value is -1.46. The molecule has 0 unspecified atom stereocenters. The number of likely N-dealkylation sites (N-methyl/N-ethyl adjacent to an activating group) is 1. The molecule has 5 heteroatoms. The molecule has 0 saturated heterocycles. The number of nitrogens with one attached hydrogen (secondary N) is 2. The fraction of sp³-hybridized carbons (Fsp3) is 0.462. The highest BCUT2D eigenvalue weighted by atomic mass is 19.1. The summed E-state index contributed by atoms with van der Waals surface area (Å²) in [5.41, 5.74) is 0.499. The highest BCUT2D eigenvalue weighted by molar-refractivity contribution is 5.77. The van der Waals surface area contributed by atoms with Gasteiger partial charge in [-0.3, -0.25) is 4.79 Å². The summed E-state index contributed by atoms with van der Waals surface area (Å²) in [6.07, 6.45) is 0. The number of halogens is 1. The summed E-state index contributed by atoms with van der Waals surface area (Å²) in [5.74, 6) is -0.421. The molecule has 0 atom stereocenters. The zero-order valence-corrected chi connectivity index (χ0v) is 10.9. The Labute approximate surface area is 107 Å². The van der Waals surface area contributed by atoms with Crippen molar-refractivity contribution in [1.29, 1.82) is 0 Å². The molecule has 0 aliphatic heterocycles. The van der Waals surface area contributed by atoms with Crippen LogP contribution in [0, 0.1) is 5.82 Å². The number of hydrogen-bond donors (Lipinski definition) is 2. The third kappa shape index (κ3) is 5.75. The maximum absolute atomic E-state index is 13.3. The van der Waals surface area contributed by atoms with E-state index in [9.17, 15) is 9.18 Å². The standard InChI is InChI=1S/C13H20FN3O/c1-17(2)8-7-15-10-13(18)16-9-11-5-3-4-6-12(11)14/h3-6,15H,7-10H2,1-2H3,(H,16,18). The summed E-state index contributed by atoms with van der Waals surface area (Å²) in [4.78, 5) is 13.5. The third-order valence-corrected chi connectivity index (χ3v) is 2.46. The zero-order valence-electron chi connectivity index (χ0n) is 10.9. The van der Waals surface area contributed by atoms with E-state index in [0.29, 0.717) is 5.56 Å². The minimum absolute atomic E-state index is 0.128. The number of amides is 1. The average Bonchev–Trinajstić information content (AvgIpc) is 2.33. The topological polar surface area (TPSA) is 44.4 Å². The second-order valence-electron chi connectivity index (χ2n) is 4.35. The van der Waals surface area contributed by atoms with Crippen molar-refractivity contribution in [2.45, 2.75) is 6.54 Å².